The molecule has 0 aliphatic heterocycles. The number of para-hydroxylation sites is 7. The van der Waals surface area contributed by atoms with Crippen LogP contribution in [0.5, 0.6) is 0 Å². The topological polar surface area (TPSA) is 110 Å². The maximum absolute atomic E-state index is 6.28. The van der Waals surface area contributed by atoms with Crippen LogP contribution in [0.4, 0.5) is 0 Å². The number of benzene rings is 14. The number of rotatable bonds is 8. The summed E-state index contributed by atoms with van der Waals surface area (Å²) in [6.07, 6.45) is 0. The van der Waals surface area contributed by atoms with Gasteiger partial charge in [0, 0.05) is 108 Å². The first-order valence-electron chi connectivity index (χ1n) is 34.1. The van der Waals surface area contributed by atoms with Crippen LogP contribution in [0.2, 0.25) is 0 Å². The van der Waals surface area contributed by atoms with Gasteiger partial charge >= 0.3 is 0 Å². The zero-order valence-corrected chi connectivity index (χ0v) is 55.3. The van der Waals surface area contributed by atoms with Crippen molar-refractivity contribution in [2.24, 2.45) is 0 Å². The molecule has 22 aromatic rings. The van der Waals surface area contributed by atoms with Crippen LogP contribution in [-0.4, -0.2) is 48.2 Å². The van der Waals surface area contributed by atoms with Crippen molar-refractivity contribution in [3.8, 4) is 68.8 Å². The Morgan fingerprint density at radius 3 is 1.11 bits per heavy atom. The lowest BCUT2D eigenvalue weighted by atomic mass is 10.1. The summed E-state index contributed by atoms with van der Waals surface area (Å²) in [6.45, 7) is 0. The molecular formula is C90H54N10OS. The Labute approximate surface area is 586 Å². The SMILES string of the molecule is c1ccc(-c2nc(-c3ccc4sc5ccccc5c4c3)nc(-n3c4ccccc4c4cc5c(cc43)c3ccccc3n5-c3ccccc3)n2)cc1.c1ccc(-c2nc(-c3cccc4oc5ccccc5c34)nc(-n3c4ccccc4c4cc5c(cc43)c3ccccc3n5-c3ccccc3)n2)cc1. The van der Waals surface area contributed by atoms with Crippen molar-refractivity contribution in [1.29, 1.82) is 0 Å². The second-order valence-electron chi connectivity index (χ2n) is 25.7. The average Bonchev–Trinajstić information content (AvgIpc) is 1.56. The van der Waals surface area contributed by atoms with Gasteiger partial charge in [-0.2, -0.15) is 19.9 Å². The average molecular weight is 1320 g/mol. The smallest absolute Gasteiger partial charge is 0.238 e. The molecule has 0 aliphatic carbocycles. The number of hydrogen-bond donors (Lipinski definition) is 0. The Kier molecular flexibility index (Phi) is 12.9. The molecule has 8 heterocycles. The molecule has 0 saturated heterocycles. The number of furan rings is 1. The van der Waals surface area contributed by atoms with Crippen LogP contribution in [-0.2, 0) is 0 Å². The van der Waals surface area contributed by atoms with Gasteiger partial charge in [-0.3, -0.25) is 9.13 Å². The van der Waals surface area contributed by atoms with Gasteiger partial charge in [0.05, 0.1) is 44.1 Å². The van der Waals surface area contributed by atoms with E-state index in [1.807, 2.05) is 90.2 Å². The van der Waals surface area contributed by atoms with E-state index < -0.39 is 0 Å². The third-order valence-corrected chi connectivity index (χ3v) is 21.1. The monoisotopic (exact) mass is 1320 g/mol. The van der Waals surface area contributed by atoms with E-state index in [2.05, 4.69) is 267 Å². The lowest BCUT2D eigenvalue weighted by molar-refractivity contribution is 0.669. The molecule has 14 aromatic carbocycles. The minimum atomic E-state index is 0.556. The van der Waals surface area contributed by atoms with Gasteiger partial charge in [-0.05, 0) is 109 Å². The summed E-state index contributed by atoms with van der Waals surface area (Å²) in [5, 5.41) is 13.8. The zero-order chi connectivity index (χ0) is 66.9. The van der Waals surface area contributed by atoms with Crippen LogP contribution in [0.25, 0.3) is 198 Å². The third-order valence-electron chi connectivity index (χ3n) is 20.0. The number of hydrogen-bond acceptors (Lipinski definition) is 8. The van der Waals surface area contributed by atoms with E-state index in [1.165, 1.54) is 47.2 Å². The lowest BCUT2D eigenvalue weighted by Crippen LogP contribution is -2.06. The molecule has 11 nitrogen and oxygen atoms in total. The largest absolute Gasteiger partial charge is 0.456 e. The Morgan fingerprint density at radius 2 is 0.598 bits per heavy atom. The van der Waals surface area contributed by atoms with E-state index in [-0.39, 0.29) is 0 Å². The molecule has 0 saturated carbocycles. The number of nitrogens with zero attached hydrogens (tertiary/aromatic N) is 10. The van der Waals surface area contributed by atoms with Gasteiger partial charge in [0.1, 0.15) is 11.2 Å². The van der Waals surface area contributed by atoms with Gasteiger partial charge in [0.25, 0.3) is 0 Å². The second kappa shape index (κ2) is 23.0. The van der Waals surface area contributed by atoms with Crippen LogP contribution in [0.3, 0.4) is 0 Å². The summed E-state index contributed by atoms with van der Waals surface area (Å²) in [4.78, 5) is 31.2. The Balaban J connectivity index is 0.000000133. The van der Waals surface area contributed by atoms with Gasteiger partial charge in [0.15, 0.2) is 23.3 Å². The Hall–Kier alpha value is -13.7. The molecule has 102 heavy (non-hydrogen) atoms. The second-order valence-corrected chi connectivity index (χ2v) is 26.8. The van der Waals surface area contributed by atoms with Crippen molar-refractivity contribution >= 4 is 141 Å². The predicted molar refractivity (Wildman–Crippen MR) is 419 cm³/mol. The van der Waals surface area contributed by atoms with E-state index in [0.717, 1.165) is 116 Å². The predicted octanol–water partition coefficient (Wildman–Crippen LogP) is 23.1. The molecule has 0 bridgehead atoms. The maximum Gasteiger partial charge on any atom is 0.238 e. The molecule has 476 valence electrons. The number of fused-ring (bicyclic) bond motifs is 18. The van der Waals surface area contributed by atoms with Crippen molar-refractivity contribution < 1.29 is 4.42 Å². The van der Waals surface area contributed by atoms with E-state index in [4.69, 9.17) is 34.3 Å². The van der Waals surface area contributed by atoms with E-state index >= 15 is 0 Å². The third kappa shape index (κ3) is 9.06. The summed E-state index contributed by atoms with van der Waals surface area (Å²) < 4.78 is 17.9. The molecule has 0 aliphatic rings. The van der Waals surface area contributed by atoms with Crippen molar-refractivity contribution in [3.63, 3.8) is 0 Å². The van der Waals surface area contributed by atoms with Gasteiger partial charge in [0.2, 0.25) is 11.9 Å². The summed E-state index contributed by atoms with van der Waals surface area (Å²) in [5.41, 5.74) is 16.4. The van der Waals surface area contributed by atoms with Gasteiger partial charge in [-0.1, -0.05) is 218 Å². The van der Waals surface area contributed by atoms with Crippen molar-refractivity contribution in [1.82, 2.24) is 48.2 Å². The molecule has 8 aromatic heterocycles. The highest BCUT2D eigenvalue weighted by Gasteiger charge is 2.25. The van der Waals surface area contributed by atoms with E-state index in [1.54, 1.807) is 0 Å². The normalized spacial score (nSPS) is 11.9. The molecule has 12 heteroatoms. The molecule has 0 atom stereocenters. The van der Waals surface area contributed by atoms with Crippen LogP contribution in [0.1, 0.15) is 0 Å². The van der Waals surface area contributed by atoms with Crippen molar-refractivity contribution in [2.75, 3.05) is 0 Å². The lowest BCUT2D eigenvalue weighted by Gasteiger charge is -2.11. The first kappa shape index (κ1) is 57.4. The van der Waals surface area contributed by atoms with Crippen LogP contribution in [0, 0.1) is 0 Å². The summed E-state index contributed by atoms with van der Waals surface area (Å²) >= 11 is 1.81. The molecule has 0 fully saturated rings. The highest BCUT2D eigenvalue weighted by atomic mass is 32.1. The fourth-order valence-electron chi connectivity index (χ4n) is 15.4. The zero-order valence-electron chi connectivity index (χ0n) is 54.5. The number of aromatic nitrogens is 10. The van der Waals surface area contributed by atoms with Crippen molar-refractivity contribution in [3.05, 3.63) is 328 Å². The summed E-state index contributed by atoms with van der Waals surface area (Å²) in [6, 6.07) is 115. The quantitative estimate of drug-likeness (QED) is 0.149. The highest BCUT2D eigenvalue weighted by Crippen LogP contribution is 2.44. The molecule has 0 N–H and O–H groups in total. The standard InChI is InChI=1S/C45H27N5O.C45H27N5S/c1-3-14-28(15-4-1)43-46-44(33-21-13-25-41-42(33)32-20-9-12-24-40(32)51-41)48-45(47-43)50-37-23-11-8-19-31(37)35-26-38-34(27-39(35)50)30-18-7-10-22-36(30)49(38)29-16-5-2-6-17-29;1-3-13-28(14-4-1)43-46-44(29-23-24-42-36(25-29)33-19-9-12-22-41(33)51-42)48-45(47-43)50-38-21-11-8-18-32(38)35-26-39-34(27-40(35)50)31-17-7-10-20-37(31)49(39)30-15-5-2-6-16-30/h2*1-27H. The molecule has 22 rings (SSSR count). The van der Waals surface area contributed by atoms with E-state index in [9.17, 15) is 0 Å². The summed E-state index contributed by atoms with van der Waals surface area (Å²) in [7, 11) is 0. The first-order valence-corrected chi connectivity index (χ1v) is 34.9. The minimum absolute atomic E-state index is 0.556. The van der Waals surface area contributed by atoms with E-state index in [0.29, 0.717) is 35.2 Å². The Bertz CT molecular complexity index is 7130. The Morgan fingerprint density at radius 1 is 0.225 bits per heavy atom. The molecule has 0 radical (unpaired) electrons. The van der Waals surface area contributed by atoms with Gasteiger partial charge in [-0.25, -0.2) is 9.97 Å². The fourth-order valence-corrected chi connectivity index (χ4v) is 16.5. The fraction of sp³-hybridized carbons (Fsp3) is 0. The molecule has 0 spiro atoms. The first-order chi connectivity index (χ1) is 50.6. The molecular weight excluding hydrogens is 1270 g/mol. The highest BCUT2D eigenvalue weighted by molar-refractivity contribution is 7.25. The maximum atomic E-state index is 6.28. The van der Waals surface area contributed by atoms with Crippen molar-refractivity contribution in [2.45, 2.75) is 0 Å². The number of thiophene rings is 1. The van der Waals surface area contributed by atoms with Crippen LogP contribution < -0.4 is 0 Å². The molecule has 0 unspecified atom stereocenters. The van der Waals surface area contributed by atoms with Crippen LogP contribution in [0.15, 0.2) is 332 Å². The van der Waals surface area contributed by atoms with Gasteiger partial charge < -0.3 is 13.6 Å². The minimum Gasteiger partial charge on any atom is -0.456 e. The molecule has 0 amide bonds. The van der Waals surface area contributed by atoms with Crippen LogP contribution >= 0.6 is 11.3 Å². The van der Waals surface area contributed by atoms with Gasteiger partial charge in [-0.15, -0.1) is 11.3 Å². The summed E-state index contributed by atoms with van der Waals surface area (Å²) in [5.74, 6) is 3.62.